The first-order valence-electron chi connectivity index (χ1n) is 7.90. The molecule has 24 heavy (non-hydrogen) atoms. The van der Waals surface area contributed by atoms with Crippen LogP contribution in [0.1, 0.15) is 35.7 Å². The number of benzene rings is 2. The molecule has 0 aliphatic carbocycles. The van der Waals surface area contributed by atoms with Gasteiger partial charge in [0, 0.05) is 22.7 Å². The molecule has 0 spiro atoms. The van der Waals surface area contributed by atoms with E-state index in [1.54, 1.807) is 42.5 Å². The summed E-state index contributed by atoms with van der Waals surface area (Å²) in [4.78, 5) is 26.9. The number of rotatable bonds is 5. The van der Waals surface area contributed by atoms with E-state index in [2.05, 4.69) is 0 Å². The third kappa shape index (κ3) is 2.72. The number of Topliss-reactive ketones (excluding diaryl/α,β-unsaturated/α-hetero) is 1. The molecule has 0 aromatic heterocycles. The Bertz CT molecular complexity index is 790. The van der Waals surface area contributed by atoms with Gasteiger partial charge < -0.3 is 10.0 Å². The van der Waals surface area contributed by atoms with Crippen molar-refractivity contribution in [1.29, 1.82) is 0 Å². The number of amides is 1. The average Bonchev–Trinajstić information content (AvgIpc) is 2.78. The summed E-state index contributed by atoms with van der Waals surface area (Å²) < 4.78 is 0. The Morgan fingerprint density at radius 3 is 2.58 bits per heavy atom. The fourth-order valence-corrected chi connectivity index (χ4v) is 3.27. The Hall–Kier alpha value is -2.17. The Kier molecular flexibility index (Phi) is 4.43. The number of anilines is 1. The molecule has 124 valence electrons. The molecule has 0 fully saturated rings. The molecule has 1 aliphatic heterocycles. The predicted molar refractivity (Wildman–Crippen MR) is 93.4 cm³/mol. The average molecular weight is 344 g/mol. The lowest BCUT2D eigenvalue weighted by atomic mass is 9.88. The fourth-order valence-electron chi connectivity index (χ4n) is 3.10. The SMILES string of the molecule is CCCN1C(=O)[C@](O)(CC(=O)c2ccccc2)c2cc(Cl)ccc21. The summed E-state index contributed by atoms with van der Waals surface area (Å²) in [7, 11) is 0. The lowest BCUT2D eigenvalue weighted by Crippen LogP contribution is -2.42. The van der Waals surface area contributed by atoms with E-state index in [9.17, 15) is 14.7 Å². The maximum Gasteiger partial charge on any atom is 0.264 e. The van der Waals surface area contributed by atoms with Gasteiger partial charge in [-0.05, 0) is 24.6 Å². The second kappa shape index (κ2) is 6.38. The van der Waals surface area contributed by atoms with Crippen molar-refractivity contribution < 1.29 is 14.7 Å². The molecule has 1 aliphatic rings. The third-order valence-corrected chi connectivity index (χ3v) is 4.49. The van der Waals surface area contributed by atoms with E-state index in [1.807, 2.05) is 13.0 Å². The van der Waals surface area contributed by atoms with Gasteiger partial charge in [0.15, 0.2) is 11.4 Å². The summed E-state index contributed by atoms with van der Waals surface area (Å²) in [5.74, 6) is -0.748. The van der Waals surface area contributed by atoms with E-state index in [0.29, 0.717) is 28.4 Å². The number of carbonyl (C=O) groups excluding carboxylic acids is 2. The molecule has 0 unspecified atom stereocenters. The number of aliphatic hydroxyl groups is 1. The first-order valence-corrected chi connectivity index (χ1v) is 8.28. The number of halogens is 1. The predicted octanol–water partition coefficient (Wildman–Crippen LogP) is 3.56. The number of carbonyl (C=O) groups is 2. The summed E-state index contributed by atoms with van der Waals surface area (Å²) in [5.41, 5.74) is -0.383. The highest BCUT2D eigenvalue weighted by Crippen LogP contribution is 2.44. The number of ketones is 1. The molecule has 5 heteroatoms. The lowest BCUT2D eigenvalue weighted by Gasteiger charge is -2.22. The van der Waals surface area contributed by atoms with Gasteiger partial charge in [0.1, 0.15) is 0 Å². The van der Waals surface area contributed by atoms with Crippen LogP contribution in [-0.4, -0.2) is 23.3 Å². The topological polar surface area (TPSA) is 57.6 Å². The molecule has 2 aromatic rings. The van der Waals surface area contributed by atoms with Gasteiger partial charge in [0.05, 0.1) is 12.1 Å². The van der Waals surface area contributed by atoms with Crippen LogP contribution in [0.3, 0.4) is 0 Å². The van der Waals surface area contributed by atoms with Crippen LogP contribution >= 0.6 is 11.6 Å². The van der Waals surface area contributed by atoms with Crippen molar-refractivity contribution in [3.8, 4) is 0 Å². The molecular weight excluding hydrogens is 326 g/mol. The van der Waals surface area contributed by atoms with E-state index in [1.165, 1.54) is 4.90 Å². The molecule has 2 aromatic carbocycles. The molecular formula is C19H18ClNO3. The number of nitrogens with zero attached hydrogens (tertiary/aromatic N) is 1. The first kappa shape index (κ1) is 16.7. The molecule has 1 amide bonds. The summed E-state index contributed by atoms with van der Waals surface area (Å²) in [5, 5.41) is 11.5. The van der Waals surface area contributed by atoms with E-state index in [4.69, 9.17) is 11.6 Å². The van der Waals surface area contributed by atoms with Crippen molar-refractivity contribution in [2.45, 2.75) is 25.4 Å². The third-order valence-electron chi connectivity index (χ3n) is 4.25. The maximum atomic E-state index is 12.8. The van der Waals surface area contributed by atoms with Crippen molar-refractivity contribution in [3.05, 3.63) is 64.7 Å². The minimum atomic E-state index is -1.87. The van der Waals surface area contributed by atoms with Crippen LogP contribution in [0.5, 0.6) is 0 Å². The Morgan fingerprint density at radius 1 is 1.21 bits per heavy atom. The summed E-state index contributed by atoms with van der Waals surface area (Å²) in [6.07, 6.45) is 0.444. The van der Waals surface area contributed by atoms with Gasteiger partial charge in [0.25, 0.3) is 5.91 Å². The Morgan fingerprint density at radius 2 is 1.92 bits per heavy atom. The van der Waals surface area contributed by atoms with Gasteiger partial charge in [-0.2, -0.15) is 0 Å². The van der Waals surface area contributed by atoms with Crippen LogP contribution in [0.2, 0.25) is 5.02 Å². The van der Waals surface area contributed by atoms with E-state index < -0.39 is 11.5 Å². The molecule has 1 heterocycles. The zero-order valence-corrected chi connectivity index (χ0v) is 14.1. The van der Waals surface area contributed by atoms with Gasteiger partial charge in [0.2, 0.25) is 0 Å². The van der Waals surface area contributed by atoms with E-state index >= 15 is 0 Å². The zero-order chi connectivity index (χ0) is 17.3. The molecule has 1 N–H and O–H groups in total. The molecule has 0 radical (unpaired) electrons. The second-order valence-electron chi connectivity index (χ2n) is 5.94. The number of hydrogen-bond donors (Lipinski definition) is 1. The van der Waals surface area contributed by atoms with Crippen LogP contribution in [0, 0.1) is 0 Å². The van der Waals surface area contributed by atoms with Gasteiger partial charge in [-0.3, -0.25) is 9.59 Å². The van der Waals surface area contributed by atoms with Gasteiger partial charge in [-0.25, -0.2) is 0 Å². The molecule has 3 rings (SSSR count). The molecule has 4 nitrogen and oxygen atoms in total. The quantitative estimate of drug-likeness (QED) is 0.844. The van der Waals surface area contributed by atoms with Crippen molar-refractivity contribution >= 4 is 29.0 Å². The summed E-state index contributed by atoms with van der Waals surface area (Å²) in [6, 6.07) is 13.6. The first-order chi connectivity index (χ1) is 11.5. The number of fused-ring (bicyclic) bond motifs is 1. The maximum absolute atomic E-state index is 12.8. The van der Waals surface area contributed by atoms with Crippen molar-refractivity contribution in [2.75, 3.05) is 11.4 Å². The van der Waals surface area contributed by atoms with Crippen LogP contribution in [0.15, 0.2) is 48.5 Å². The van der Waals surface area contributed by atoms with Crippen LogP contribution in [-0.2, 0) is 10.4 Å². The minimum absolute atomic E-state index is 0.282. The highest BCUT2D eigenvalue weighted by atomic mass is 35.5. The normalized spacial score (nSPS) is 19.5. The zero-order valence-electron chi connectivity index (χ0n) is 13.3. The molecule has 1 atom stereocenters. The highest BCUT2D eigenvalue weighted by molar-refractivity contribution is 6.31. The Balaban J connectivity index is 2.01. The van der Waals surface area contributed by atoms with Gasteiger partial charge >= 0.3 is 0 Å². The smallest absolute Gasteiger partial charge is 0.264 e. The van der Waals surface area contributed by atoms with Crippen LogP contribution in [0.25, 0.3) is 0 Å². The molecule has 0 bridgehead atoms. The van der Waals surface area contributed by atoms with Crippen molar-refractivity contribution in [2.24, 2.45) is 0 Å². The van der Waals surface area contributed by atoms with Crippen molar-refractivity contribution in [1.82, 2.24) is 0 Å². The minimum Gasteiger partial charge on any atom is -0.375 e. The molecule has 0 saturated carbocycles. The van der Waals surface area contributed by atoms with Crippen LogP contribution in [0.4, 0.5) is 5.69 Å². The fraction of sp³-hybridized carbons (Fsp3) is 0.263. The highest BCUT2D eigenvalue weighted by Gasteiger charge is 2.50. The van der Waals surface area contributed by atoms with Crippen molar-refractivity contribution in [3.63, 3.8) is 0 Å². The van der Waals surface area contributed by atoms with E-state index in [-0.39, 0.29) is 12.2 Å². The molecule has 0 saturated heterocycles. The van der Waals surface area contributed by atoms with E-state index in [0.717, 1.165) is 6.42 Å². The van der Waals surface area contributed by atoms with Gasteiger partial charge in [-0.15, -0.1) is 0 Å². The lowest BCUT2D eigenvalue weighted by molar-refractivity contribution is -0.135. The summed E-state index contributed by atoms with van der Waals surface area (Å²) in [6.45, 7) is 2.44. The van der Waals surface area contributed by atoms with Gasteiger partial charge in [-0.1, -0.05) is 48.9 Å². The largest absolute Gasteiger partial charge is 0.375 e. The summed E-state index contributed by atoms with van der Waals surface area (Å²) >= 11 is 6.05. The number of hydrogen-bond acceptors (Lipinski definition) is 3. The standard InChI is InChI=1S/C19H18ClNO3/c1-2-10-21-16-9-8-14(20)11-15(16)19(24,18(21)23)12-17(22)13-6-4-3-5-7-13/h3-9,11,24H,2,10,12H2,1H3/t19-/m0/s1. The van der Waals surface area contributed by atoms with Crippen LogP contribution < -0.4 is 4.90 Å². The second-order valence-corrected chi connectivity index (χ2v) is 6.38. The monoisotopic (exact) mass is 343 g/mol. The Labute approximate surface area is 145 Å².